The maximum Gasteiger partial charge on any atom is 0.333 e. The molecule has 2 aromatic carbocycles. The van der Waals surface area contributed by atoms with Crippen molar-refractivity contribution in [3.63, 3.8) is 0 Å². The predicted octanol–water partition coefficient (Wildman–Crippen LogP) is 7.16. The number of imide groups is 1. The highest BCUT2D eigenvalue weighted by molar-refractivity contribution is 7.89. The number of unbranched alkanes of at least 4 members (excludes halogenated alkanes) is 4. The number of allylic oxidation sites excluding steroid dienone is 4. The molecular weight excluding hydrogens is 757 g/mol. The van der Waals surface area contributed by atoms with Gasteiger partial charge in [0.15, 0.2) is 5.71 Å². The van der Waals surface area contributed by atoms with Crippen LogP contribution in [0.4, 0.5) is 11.4 Å². The summed E-state index contributed by atoms with van der Waals surface area (Å²) in [6, 6.07) is 12.2. The number of nitrogens with one attached hydrogen (secondary N) is 1. The Bertz CT molecular complexity index is 2020. The Balaban J connectivity index is 1.30. The summed E-state index contributed by atoms with van der Waals surface area (Å²) in [5.74, 6) is -1.69. The number of hydrogen-bond donors (Lipinski definition) is 1. The second kappa shape index (κ2) is 19.7. The minimum Gasteiger partial charge on any atom is -0.382 e. The number of fused-ring (bicyclic) bond motifs is 2. The zero-order valence-electron chi connectivity index (χ0n) is 35.5. The lowest BCUT2D eigenvalue weighted by molar-refractivity contribution is -0.438. The van der Waals surface area contributed by atoms with Crippen molar-refractivity contribution in [2.24, 2.45) is 0 Å². The van der Waals surface area contributed by atoms with Gasteiger partial charge in [0.25, 0.3) is 11.8 Å². The van der Waals surface area contributed by atoms with Crippen LogP contribution in [-0.2, 0) is 56.0 Å². The molecule has 0 bridgehead atoms. The van der Waals surface area contributed by atoms with Crippen LogP contribution in [0.15, 0.2) is 65.2 Å². The molecule has 0 spiro atoms. The molecule has 0 atom stereocenters. The second-order valence-electron chi connectivity index (χ2n) is 16.3. The summed E-state index contributed by atoms with van der Waals surface area (Å²) in [5.41, 5.74) is 7.42. The van der Waals surface area contributed by atoms with Gasteiger partial charge in [-0.2, -0.15) is 4.58 Å². The van der Waals surface area contributed by atoms with E-state index in [1.54, 1.807) is 13.2 Å². The van der Waals surface area contributed by atoms with E-state index in [9.17, 15) is 22.8 Å². The summed E-state index contributed by atoms with van der Waals surface area (Å²) in [6.45, 7) is 16.7. The van der Waals surface area contributed by atoms with E-state index in [4.69, 9.17) is 14.3 Å². The minimum atomic E-state index is -3.81. The molecule has 58 heavy (non-hydrogen) atoms. The first kappa shape index (κ1) is 44.9. The summed E-state index contributed by atoms with van der Waals surface area (Å²) in [4.78, 5) is 43.0. The van der Waals surface area contributed by atoms with Crippen LogP contribution in [0.1, 0.15) is 116 Å². The molecule has 0 aliphatic carbocycles. The zero-order chi connectivity index (χ0) is 42.1. The number of amides is 2. The first-order valence-corrected chi connectivity index (χ1v) is 22.4. The quantitative estimate of drug-likeness (QED) is 0.0746. The van der Waals surface area contributed by atoms with E-state index in [0.717, 1.165) is 49.2 Å². The van der Waals surface area contributed by atoms with Gasteiger partial charge < -0.3 is 19.2 Å². The van der Waals surface area contributed by atoms with Crippen molar-refractivity contribution >= 4 is 44.9 Å². The minimum absolute atomic E-state index is 0.0244. The number of aryl methyl sites for hydroxylation is 1. The largest absolute Gasteiger partial charge is 0.382 e. The molecule has 1 N–H and O–H groups in total. The second-order valence-corrected chi connectivity index (χ2v) is 18.1. The summed E-state index contributed by atoms with van der Waals surface area (Å²) in [7, 11) is -2.13. The summed E-state index contributed by atoms with van der Waals surface area (Å²) in [6.07, 6.45) is 12.4. The number of nitrogens with zero attached hydrogens (tertiary/aromatic N) is 3. The lowest BCUT2D eigenvalue weighted by atomic mass is 9.81. The zero-order valence-corrected chi connectivity index (χ0v) is 36.3. The molecule has 13 heteroatoms. The molecule has 0 saturated carbocycles. The van der Waals surface area contributed by atoms with Crippen molar-refractivity contribution in [1.82, 2.24) is 9.79 Å². The molecule has 316 valence electrons. The van der Waals surface area contributed by atoms with Gasteiger partial charge in [-0.1, -0.05) is 58.7 Å². The number of ether oxygens (including phenoxy) is 2. The lowest BCUT2D eigenvalue weighted by Gasteiger charge is -2.27. The van der Waals surface area contributed by atoms with Crippen LogP contribution < -0.4 is 9.62 Å². The van der Waals surface area contributed by atoms with E-state index < -0.39 is 33.2 Å². The highest BCUT2D eigenvalue weighted by Gasteiger charge is 2.45. The van der Waals surface area contributed by atoms with E-state index in [0.29, 0.717) is 50.7 Å². The number of hydroxylamine groups is 2. The first-order valence-electron chi connectivity index (χ1n) is 20.9. The summed E-state index contributed by atoms with van der Waals surface area (Å²) >= 11 is 0. The fourth-order valence-electron chi connectivity index (χ4n) is 8.06. The molecule has 12 nitrogen and oxygen atoms in total. The maximum absolute atomic E-state index is 13.6. The van der Waals surface area contributed by atoms with Crippen LogP contribution in [0.2, 0.25) is 0 Å². The molecule has 5 rings (SSSR count). The van der Waals surface area contributed by atoms with Crippen LogP contribution >= 0.6 is 0 Å². The van der Waals surface area contributed by atoms with Crippen molar-refractivity contribution in [3.8, 4) is 0 Å². The van der Waals surface area contributed by atoms with Gasteiger partial charge in [-0.15, -0.1) is 5.06 Å². The molecule has 2 aromatic rings. The highest BCUT2D eigenvalue weighted by Crippen LogP contribution is 2.48. The average molecular weight is 820 g/mol. The summed E-state index contributed by atoms with van der Waals surface area (Å²) in [5, 5.41) is 0.544. The van der Waals surface area contributed by atoms with Gasteiger partial charge in [-0.3, -0.25) is 9.59 Å². The lowest BCUT2D eigenvalue weighted by Crippen LogP contribution is -2.32. The van der Waals surface area contributed by atoms with Crippen LogP contribution in [0.25, 0.3) is 0 Å². The van der Waals surface area contributed by atoms with Gasteiger partial charge in [0.1, 0.15) is 6.54 Å². The molecular formula is C45H63N4O8S+. The topological polar surface area (TPSA) is 135 Å². The number of rotatable bonds is 22. The molecule has 0 aromatic heterocycles. The van der Waals surface area contributed by atoms with E-state index in [1.165, 1.54) is 22.5 Å². The van der Waals surface area contributed by atoms with Crippen LogP contribution in [0, 0.1) is 0 Å². The number of sulfonamides is 1. The molecule has 3 aliphatic heterocycles. The number of anilines is 1. The van der Waals surface area contributed by atoms with Crippen molar-refractivity contribution in [2.75, 3.05) is 51.5 Å². The van der Waals surface area contributed by atoms with Gasteiger partial charge >= 0.3 is 5.97 Å². The molecule has 3 aliphatic rings. The average Bonchev–Trinajstić information content (AvgIpc) is 3.70. The first-order chi connectivity index (χ1) is 27.7. The van der Waals surface area contributed by atoms with Crippen molar-refractivity contribution in [1.29, 1.82) is 0 Å². The maximum atomic E-state index is 13.6. The third-order valence-corrected chi connectivity index (χ3v) is 12.9. The SMILES string of the molecule is CCCCC[N+]1=C(C=CC=C2N(CCOCCOC)c3ccc(CC)cc3C2(C)C)C(C)(C)c2cc(S(=O)(=O)NCCCCCC(=O)ON3C(=O)CCC3=O)ccc21. The van der Waals surface area contributed by atoms with Crippen LogP contribution in [0.5, 0.6) is 0 Å². The predicted molar refractivity (Wildman–Crippen MR) is 226 cm³/mol. The molecule has 0 radical (unpaired) electrons. The van der Waals surface area contributed by atoms with Gasteiger partial charge in [-0.05, 0) is 74.9 Å². The standard InChI is InChI=1S/C45H63N4O8S/c1-8-10-14-26-47-38-22-20-34(58(53,54)46-25-13-11-12-18-43(52)57-49-41(50)23-24-42(49)51)32-36(38)45(5,6)39(47)16-15-17-40-44(3,4)35-31-33(9-2)19-21-37(35)48(40)27-28-56-30-29-55-7/h15-17,19-22,31-32,46H,8-14,18,23-30H2,1-7H3/q+1. The van der Waals surface area contributed by atoms with Gasteiger partial charge in [-0.25, -0.2) is 17.9 Å². The van der Waals surface area contributed by atoms with E-state index in [-0.39, 0.29) is 36.1 Å². The van der Waals surface area contributed by atoms with Crippen LogP contribution in [0.3, 0.4) is 0 Å². The van der Waals surface area contributed by atoms with E-state index in [1.807, 2.05) is 12.1 Å². The monoisotopic (exact) mass is 819 g/mol. The molecule has 0 unspecified atom stereocenters. The molecule has 2 amide bonds. The van der Waals surface area contributed by atoms with Crippen molar-refractivity contribution in [3.05, 3.63) is 77.0 Å². The number of carbonyl (C=O) groups excluding carboxylic acids is 3. The number of benzene rings is 2. The Labute approximate surface area is 345 Å². The van der Waals surface area contributed by atoms with Gasteiger partial charge in [0.05, 0.1) is 30.1 Å². The normalized spacial score (nSPS) is 17.9. The fourth-order valence-corrected chi connectivity index (χ4v) is 9.16. The fraction of sp³-hybridized carbons (Fsp3) is 0.556. The van der Waals surface area contributed by atoms with E-state index in [2.05, 4.69) is 92.2 Å². The van der Waals surface area contributed by atoms with Crippen molar-refractivity contribution in [2.45, 2.75) is 121 Å². The Kier molecular flexibility index (Phi) is 15.3. The van der Waals surface area contributed by atoms with Crippen molar-refractivity contribution < 1.29 is 41.7 Å². The molecule has 3 heterocycles. The highest BCUT2D eigenvalue weighted by atomic mass is 32.2. The summed E-state index contributed by atoms with van der Waals surface area (Å²) < 4.78 is 43.3. The number of methoxy groups -OCH3 is 1. The molecule has 1 fully saturated rings. The smallest absolute Gasteiger partial charge is 0.333 e. The Hall–Kier alpha value is -4.17. The van der Waals surface area contributed by atoms with Gasteiger partial charge in [0, 0.05) is 80.4 Å². The van der Waals surface area contributed by atoms with E-state index >= 15 is 0 Å². The number of carbonyl (C=O) groups is 3. The molecule has 1 saturated heterocycles. The number of hydrogen-bond acceptors (Lipinski definition) is 9. The third kappa shape index (κ3) is 10.2. The Morgan fingerprint density at radius 3 is 2.36 bits per heavy atom. The Morgan fingerprint density at radius 1 is 0.897 bits per heavy atom. The third-order valence-electron chi connectivity index (χ3n) is 11.5. The Morgan fingerprint density at radius 2 is 1.66 bits per heavy atom. The van der Waals surface area contributed by atoms with Crippen LogP contribution in [-0.4, -0.2) is 88.1 Å². The van der Waals surface area contributed by atoms with Gasteiger partial charge in [0.2, 0.25) is 15.7 Å².